The van der Waals surface area contributed by atoms with Crippen molar-refractivity contribution in [2.75, 3.05) is 6.54 Å². The van der Waals surface area contributed by atoms with E-state index in [9.17, 15) is 20.0 Å². The van der Waals surface area contributed by atoms with Crippen LogP contribution in [-0.2, 0) is 11.0 Å². The lowest BCUT2D eigenvalue weighted by Gasteiger charge is -2.35. The fourth-order valence-corrected chi connectivity index (χ4v) is 3.44. The van der Waals surface area contributed by atoms with Crippen molar-refractivity contribution in [2.45, 2.75) is 51.4 Å². The summed E-state index contributed by atoms with van der Waals surface area (Å²) in [6.07, 6.45) is 0. The van der Waals surface area contributed by atoms with Gasteiger partial charge in [-0.05, 0) is 23.7 Å². The molecule has 8 heteroatoms. The molecule has 0 bridgehead atoms. The van der Waals surface area contributed by atoms with E-state index in [1.54, 1.807) is 30.3 Å². The van der Waals surface area contributed by atoms with Crippen LogP contribution in [0.5, 0.6) is 5.75 Å². The zero-order valence-corrected chi connectivity index (χ0v) is 17.9. The van der Waals surface area contributed by atoms with Gasteiger partial charge in [-0.3, -0.25) is 14.9 Å². The van der Waals surface area contributed by atoms with Crippen LogP contribution in [0, 0.1) is 10.1 Å². The maximum atomic E-state index is 12.3. The molecule has 1 heterocycles. The summed E-state index contributed by atoms with van der Waals surface area (Å²) in [6.45, 7) is 10.0. The fourth-order valence-electron chi connectivity index (χ4n) is 2.50. The minimum atomic E-state index is -2.09. The Morgan fingerprint density at radius 2 is 1.86 bits per heavy atom. The lowest BCUT2D eigenvalue weighted by Crippen LogP contribution is -2.40. The van der Waals surface area contributed by atoms with Gasteiger partial charge in [0.2, 0.25) is 17.7 Å². The highest BCUT2D eigenvalue weighted by molar-refractivity contribution is 6.74. The SMILES string of the molecule is CC(C)(C)[Si](C)(C)OCc1cc(=O)c(O)c([C@@H](C[N+](=O)[O-])c2ccccc2)o1. The number of rotatable bonds is 7. The minimum absolute atomic E-state index is 0.0226. The minimum Gasteiger partial charge on any atom is -0.502 e. The van der Waals surface area contributed by atoms with E-state index in [4.69, 9.17) is 8.84 Å². The summed E-state index contributed by atoms with van der Waals surface area (Å²) in [5.41, 5.74) is -0.0560. The topological polar surface area (TPSA) is 103 Å². The molecule has 0 aliphatic heterocycles. The molecule has 0 radical (unpaired) electrons. The summed E-state index contributed by atoms with van der Waals surface area (Å²) >= 11 is 0. The van der Waals surface area contributed by atoms with Crippen LogP contribution in [0.25, 0.3) is 0 Å². The Morgan fingerprint density at radius 1 is 1.25 bits per heavy atom. The molecule has 1 aromatic carbocycles. The molecule has 0 aliphatic carbocycles. The standard InChI is InChI=1S/C20H27NO6Si/c1-20(2,3)28(4,5)26-13-15-11-17(22)18(23)19(27-15)16(12-21(24)25)14-9-7-6-8-10-14/h6-11,16,23H,12-13H2,1-5H3/t16-/m0/s1. The smallest absolute Gasteiger partial charge is 0.227 e. The van der Waals surface area contributed by atoms with E-state index in [2.05, 4.69) is 33.9 Å². The Morgan fingerprint density at radius 3 is 2.39 bits per heavy atom. The number of nitro groups is 1. The Bertz CT molecular complexity index is 886. The molecule has 0 fully saturated rings. The van der Waals surface area contributed by atoms with E-state index < -0.39 is 36.9 Å². The van der Waals surface area contributed by atoms with Crippen molar-refractivity contribution in [3.63, 3.8) is 0 Å². The molecule has 1 atom stereocenters. The average Bonchev–Trinajstić information content (AvgIpc) is 2.60. The Balaban J connectivity index is 2.43. The lowest BCUT2D eigenvalue weighted by atomic mass is 9.95. The maximum absolute atomic E-state index is 12.3. The lowest BCUT2D eigenvalue weighted by molar-refractivity contribution is -0.482. The van der Waals surface area contributed by atoms with E-state index in [1.165, 1.54) is 6.07 Å². The van der Waals surface area contributed by atoms with Crippen molar-refractivity contribution in [2.24, 2.45) is 0 Å². The van der Waals surface area contributed by atoms with Gasteiger partial charge in [0.1, 0.15) is 11.7 Å². The van der Waals surface area contributed by atoms with Crippen LogP contribution in [0.15, 0.2) is 45.6 Å². The third-order valence-corrected chi connectivity index (χ3v) is 9.71. The van der Waals surface area contributed by atoms with E-state index in [0.29, 0.717) is 5.56 Å². The van der Waals surface area contributed by atoms with Gasteiger partial charge >= 0.3 is 0 Å². The zero-order chi connectivity index (χ0) is 21.1. The van der Waals surface area contributed by atoms with Gasteiger partial charge in [0.05, 0.1) is 6.61 Å². The van der Waals surface area contributed by atoms with Crippen molar-refractivity contribution in [3.05, 3.63) is 73.8 Å². The summed E-state index contributed by atoms with van der Waals surface area (Å²) in [4.78, 5) is 23.0. The molecule has 0 unspecified atom stereocenters. The molecule has 2 rings (SSSR count). The van der Waals surface area contributed by atoms with Crippen LogP contribution < -0.4 is 5.43 Å². The van der Waals surface area contributed by atoms with E-state index in [1.807, 2.05) is 0 Å². The van der Waals surface area contributed by atoms with E-state index in [-0.39, 0.29) is 23.2 Å². The van der Waals surface area contributed by atoms with Gasteiger partial charge in [0, 0.05) is 11.0 Å². The molecule has 1 aromatic heterocycles. The van der Waals surface area contributed by atoms with Gasteiger partial charge in [-0.25, -0.2) is 0 Å². The first kappa shape index (κ1) is 21.8. The molecular formula is C20H27NO6Si. The summed E-state index contributed by atoms with van der Waals surface area (Å²) < 4.78 is 11.8. The second kappa shape index (κ2) is 8.28. The number of benzene rings is 1. The third kappa shape index (κ3) is 5.08. The maximum Gasteiger partial charge on any atom is 0.227 e. The number of hydrogen-bond acceptors (Lipinski definition) is 6. The van der Waals surface area contributed by atoms with Gasteiger partial charge in [0.25, 0.3) is 0 Å². The molecule has 1 N–H and O–H groups in total. The van der Waals surface area contributed by atoms with Crippen LogP contribution in [0.2, 0.25) is 18.1 Å². The first-order valence-electron chi connectivity index (χ1n) is 9.09. The molecule has 0 saturated carbocycles. The summed E-state index contributed by atoms with van der Waals surface area (Å²) in [5.74, 6) is -1.35. The molecule has 0 aliphatic rings. The fraction of sp³-hybridized carbons (Fsp3) is 0.450. The van der Waals surface area contributed by atoms with Crippen molar-refractivity contribution in [1.29, 1.82) is 0 Å². The van der Waals surface area contributed by atoms with Crippen molar-refractivity contribution < 1.29 is 18.9 Å². The van der Waals surface area contributed by atoms with Gasteiger partial charge in [-0.1, -0.05) is 51.1 Å². The van der Waals surface area contributed by atoms with Gasteiger partial charge in [-0.2, -0.15) is 0 Å². The molecule has 7 nitrogen and oxygen atoms in total. The zero-order valence-electron chi connectivity index (χ0n) is 16.9. The number of hydrogen-bond donors (Lipinski definition) is 1. The number of aromatic hydroxyl groups is 1. The highest BCUT2D eigenvalue weighted by atomic mass is 28.4. The van der Waals surface area contributed by atoms with E-state index >= 15 is 0 Å². The molecule has 2 aromatic rings. The molecular weight excluding hydrogens is 378 g/mol. The monoisotopic (exact) mass is 405 g/mol. The predicted molar refractivity (Wildman–Crippen MR) is 109 cm³/mol. The first-order chi connectivity index (χ1) is 12.9. The molecule has 152 valence electrons. The molecule has 0 saturated heterocycles. The number of nitrogens with zero attached hydrogens (tertiary/aromatic N) is 1. The van der Waals surface area contributed by atoms with Crippen molar-refractivity contribution in [3.8, 4) is 5.75 Å². The highest BCUT2D eigenvalue weighted by Crippen LogP contribution is 2.37. The van der Waals surface area contributed by atoms with Crippen LogP contribution >= 0.6 is 0 Å². The van der Waals surface area contributed by atoms with Gasteiger partial charge in [-0.15, -0.1) is 0 Å². The van der Waals surface area contributed by atoms with E-state index in [0.717, 1.165) is 0 Å². The van der Waals surface area contributed by atoms with Crippen LogP contribution in [0.4, 0.5) is 0 Å². The molecule has 28 heavy (non-hydrogen) atoms. The molecule has 0 amide bonds. The highest BCUT2D eigenvalue weighted by Gasteiger charge is 2.37. The average molecular weight is 406 g/mol. The first-order valence-corrected chi connectivity index (χ1v) is 12.0. The van der Waals surface area contributed by atoms with Crippen LogP contribution in [-0.4, -0.2) is 24.9 Å². The van der Waals surface area contributed by atoms with Gasteiger partial charge < -0.3 is 13.9 Å². The Labute approximate surface area is 165 Å². The summed E-state index contributed by atoms with van der Waals surface area (Å²) in [7, 11) is -2.09. The molecule has 0 spiro atoms. The Hall–Kier alpha value is -2.45. The van der Waals surface area contributed by atoms with Crippen LogP contribution in [0.1, 0.15) is 43.8 Å². The second-order valence-electron chi connectivity index (χ2n) is 8.32. The van der Waals surface area contributed by atoms with Crippen LogP contribution in [0.3, 0.4) is 0 Å². The van der Waals surface area contributed by atoms with Crippen molar-refractivity contribution in [1.82, 2.24) is 0 Å². The normalized spacial score (nSPS) is 13.3. The Kier molecular flexibility index (Phi) is 6.46. The largest absolute Gasteiger partial charge is 0.502 e. The predicted octanol–water partition coefficient (Wildman–Crippen LogP) is 4.28. The second-order valence-corrected chi connectivity index (χ2v) is 13.1. The summed E-state index contributed by atoms with van der Waals surface area (Å²) in [5, 5.41) is 21.4. The van der Waals surface area contributed by atoms with Crippen molar-refractivity contribution >= 4 is 8.32 Å². The van der Waals surface area contributed by atoms with Gasteiger partial charge in [0.15, 0.2) is 14.1 Å². The summed E-state index contributed by atoms with van der Waals surface area (Å²) in [6, 6.07) is 9.84. The third-order valence-electron chi connectivity index (χ3n) is 5.23. The quantitative estimate of drug-likeness (QED) is 0.419.